The van der Waals surface area contributed by atoms with Gasteiger partial charge < -0.3 is 15.1 Å². The van der Waals surface area contributed by atoms with Crippen LogP contribution in [-0.2, 0) is 16.0 Å². The summed E-state index contributed by atoms with van der Waals surface area (Å²) in [5.74, 6) is -2.00. The number of aliphatic hydroxyl groups is 1. The van der Waals surface area contributed by atoms with Crippen LogP contribution in [-0.4, -0.2) is 39.1 Å². The van der Waals surface area contributed by atoms with Crippen molar-refractivity contribution in [2.75, 3.05) is 0 Å². The van der Waals surface area contributed by atoms with Gasteiger partial charge in [-0.05, 0) is 24.5 Å². The summed E-state index contributed by atoms with van der Waals surface area (Å²) in [5, 5.41) is 19.6. The van der Waals surface area contributed by atoms with E-state index in [1.165, 1.54) is 22.2 Å². The number of hydrogen-bond acceptors (Lipinski definition) is 4. The molecule has 2 aliphatic heterocycles. The fraction of sp³-hybridized carbons (Fsp3) is 0.368. The van der Waals surface area contributed by atoms with Crippen molar-refractivity contribution in [2.24, 2.45) is 11.8 Å². The number of fused-ring (bicyclic) bond motifs is 2. The van der Waals surface area contributed by atoms with E-state index in [0.29, 0.717) is 4.91 Å². The predicted octanol–water partition coefficient (Wildman–Crippen LogP) is 2.47. The number of carbonyl (C=O) groups is 2. The molecule has 1 saturated heterocycles. The van der Waals surface area contributed by atoms with E-state index >= 15 is 0 Å². The largest absolute Gasteiger partial charge is 0.477 e. The van der Waals surface area contributed by atoms with Crippen LogP contribution < -0.4 is 0 Å². The average Bonchev–Trinajstić information content (AvgIpc) is 3.06. The number of carboxylic acid groups (broad SMARTS) is 1. The van der Waals surface area contributed by atoms with E-state index < -0.39 is 18.0 Å². The smallest absolute Gasteiger partial charge is 0.353 e. The molecule has 1 aromatic rings. The summed E-state index contributed by atoms with van der Waals surface area (Å²) in [6, 6.07) is 7.82. The molecule has 4 rings (SSSR count). The number of hydrogen-bond donors (Lipinski definition) is 2. The lowest BCUT2D eigenvalue weighted by molar-refractivity contribution is -0.163. The van der Waals surface area contributed by atoms with Crippen LogP contribution in [0.2, 0.25) is 0 Å². The minimum absolute atomic E-state index is 0.0784. The van der Waals surface area contributed by atoms with E-state index in [-0.39, 0.29) is 23.6 Å². The van der Waals surface area contributed by atoms with Gasteiger partial charge in [0.2, 0.25) is 5.91 Å². The molecule has 5 nitrogen and oxygen atoms in total. The van der Waals surface area contributed by atoms with Crippen LogP contribution in [0.5, 0.6) is 0 Å². The number of rotatable bonds is 4. The van der Waals surface area contributed by atoms with Crippen LogP contribution in [0.15, 0.2) is 40.9 Å². The lowest BCUT2D eigenvalue weighted by Crippen LogP contribution is -2.63. The van der Waals surface area contributed by atoms with Gasteiger partial charge in [-0.1, -0.05) is 49.0 Å². The number of carboxylic acids is 1. The van der Waals surface area contributed by atoms with Crippen molar-refractivity contribution in [3.8, 4) is 0 Å². The van der Waals surface area contributed by atoms with Crippen LogP contribution >= 0.6 is 11.8 Å². The summed E-state index contributed by atoms with van der Waals surface area (Å²) >= 11 is 1.45. The number of thioether (sulfide) groups is 1. The zero-order valence-electron chi connectivity index (χ0n) is 14.0. The Morgan fingerprint density at radius 3 is 2.76 bits per heavy atom. The third-order valence-electron chi connectivity index (χ3n) is 5.32. The molecule has 6 heteroatoms. The maximum absolute atomic E-state index is 12.4. The Kier molecular flexibility index (Phi) is 3.77. The SMILES string of the molecule is C[C@@H](O)[C@H]1C(=O)N2C(C(=O)O)=C(SC3=CCc4ccccc43)[C@H](C)[C@H]12. The first-order valence-corrected chi connectivity index (χ1v) is 9.18. The molecule has 0 unspecified atom stereocenters. The Morgan fingerprint density at radius 1 is 1.36 bits per heavy atom. The molecule has 0 aromatic heterocycles. The first-order valence-electron chi connectivity index (χ1n) is 8.36. The third kappa shape index (κ3) is 2.28. The number of nitrogens with zero attached hydrogens (tertiary/aromatic N) is 1. The maximum atomic E-state index is 12.4. The van der Waals surface area contributed by atoms with Crippen molar-refractivity contribution in [1.82, 2.24) is 4.90 Å². The molecule has 2 N–H and O–H groups in total. The summed E-state index contributed by atoms with van der Waals surface area (Å²) in [4.78, 5) is 27.3. The maximum Gasteiger partial charge on any atom is 0.353 e. The van der Waals surface area contributed by atoms with Crippen molar-refractivity contribution in [1.29, 1.82) is 0 Å². The monoisotopic (exact) mass is 357 g/mol. The van der Waals surface area contributed by atoms with E-state index in [2.05, 4.69) is 12.1 Å². The van der Waals surface area contributed by atoms with Crippen molar-refractivity contribution in [3.63, 3.8) is 0 Å². The van der Waals surface area contributed by atoms with Gasteiger partial charge >= 0.3 is 5.97 Å². The highest BCUT2D eigenvalue weighted by molar-refractivity contribution is 8.11. The fourth-order valence-electron chi connectivity index (χ4n) is 4.12. The van der Waals surface area contributed by atoms with E-state index in [1.54, 1.807) is 6.92 Å². The van der Waals surface area contributed by atoms with Gasteiger partial charge in [-0.2, -0.15) is 0 Å². The number of allylic oxidation sites excluding steroid dienone is 1. The molecule has 2 heterocycles. The van der Waals surface area contributed by atoms with Gasteiger partial charge in [0.15, 0.2) is 0 Å². The second-order valence-corrected chi connectivity index (χ2v) is 7.89. The van der Waals surface area contributed by atoms with Crippen molar-refractivity contribution < 1.29 is 19.8 Å². The van der Waals surface area contributed by atoms with Crippen LogP contribution in [0, 0.1) is 11.8 Å². The lowest BCUT2D eigenvalue weighted by Gasteiger charge is -2.46. The second-order valence-electron chi connectivity index (χ2n) is 6.80. The van der Waals surface area contributed by atoms with Crippen molar-refractivity contribution >= 4 is 28.5 Å². The van der Waals surface area contributed by atoms with Crippen LogP contribution in [0.3, 0.4) is 0 Å². The number of benzene rings is 1. The number of aliphatic hydroxyl groups excluding tert-OH is 1. The molecule has 25 heavy (non-hydrogen) atoms. The second kappa shape index (κ2) is 5.75. The third-order valence-corrected chi connectivity index (χ3v) is 6.71. The molecule has 1 aromatic carbocycles. The molecule has 1 amide bonds. The lowest BCUT2D eigenvalue weighted by atomic mass is 9.79. The van der Waals surface area contributed by atoms with E-state index in [1.807, 2.05) is 25.1 Å². The summed E-state index contributed by atoms with van der Waals surface area (Å²) in [7, 11) is 0. The van der Waals surface area contributed by atoms with Gasteiger partial charge in [0, 0.05) is 15.7 Å². The number of β-lactam (4-membered cyclic amide) rings is 1. The van der Waals surface area contributed by atoms with Gasteiger partial charge in [-0.3, -0.25) is 4.79 Å². The minimum atomic E-state index is -1.08. The van der Waals surface area contributed by atoms with Crippen LogP contribution in [0.25, 0.3) is 4.91 Å². The standard InChI is InChI=1S/C19H19NO4S/c1-9-15-14(10(2)21)18(22)20(15)16(19(23)24)17(9)25-13-8-7-11-5-3-4-6-12(11)13/h3-6,8-10,14-15,21H,7H2,1-2H3,(H,23,24)/t9-,10-,14-,15-/m1/s1. The molecule has 3 aliphatic rings. The number of carbonyl (C=O) groups excluding carboxylic acids is 1. The molecule has 0 spiro atoms. The first kappa shape index (κ1) is 16.4. The number of amides is 1. The van der Waals surface area contributed by atoms with E-state index in [4.69, 9.17) is 0 Å². The van der Waals surface area contributed by atoms with Crippen LogP contribution in [0.1, 0.15) is 25.0 Å². The molecular weight excluding hydrogens is 338 g/mol. The van der Waals surface area contributed by atoms with Gasteiger partial charge in [0.25, 0.3) is 0 Å². The highest BCUT2D eigenvalue weighted by atomic mass is 32.2. The Balaban J connectivity index is 1.70. The minimum Gasteiger partial charge on any atom is -0.477 e. The highest BCUT2D eigenvalue weighted by Crippen LogP contribution is 2.53. The Morgan fingerprint density at radius 2 is 2.08 bits per heavy atom. The fourth-order valence-corrected chi connectivity index (χ4v) is 5.44. The van der Waals surface area contributed by atoms with Gasteiger partial charge in [0.05, 0.1) is 18.1 Å². The van der Waals surface area contributed by atoms with E-state index in [9.17, 15) is 19.8 Å². The summed E-state index contributed by atoms with van der Waals surface area (Å²) < 4.78 is 0. The summed E-state index contributed by atoms with van der Waals surface area (Å²) in [5.41, 5.74) is 2.44. The van der Waals surface area contributed by atoms with Gasteiger partial charge in [0.1, 0.15) is 5.70 Å². The molecule has 0 bridgehead atoms. The predicted molar refractivity (Wildman–Crippen MR) is 95.3 cm³/mol. The van der Waals surface area contributed by atoms with Crippen molar-refractivity contribution in [2.45, 2.75) is 32.4 Å². The first-order chi connectivity index (χ1) is 11.9. The topological polar surface area (TPSA) is 77.8 Å². The van der Waals surface area contributed by atoms with E-state index in [0.717, 1.165) is 16.9 Å². The molecule has 1 fully saturated rings. The Hall–Kier alpha value is -2.05. The normalized spacial score (nSPS) is 28.4. The Labute approximate surface area is 150 Å². The highest BCUT2D eigenvalue weighted by Gasteiger charge is 2.60. The average molecular weight is 357 g/mol. The van der Waals surface area contributed by atoms with Gasteiger partial charge in [-0.15, -0.1) is 0 Å². The zero-order valence-corrected chi connectivity index (χ0v) is 14.8. The molecule has 0 radical (unpaired) electrons. The molecule has 130 valence electrons. The van der Waals surface area contributed by atoms with Crippen molar-refractivity contribution in [3.05, 3.63) is 52.1 Å². The molecular formula is C19H19NO4S. The molecule has 4 atom stereocenters. The number of aliphatic carboxylic acids is 1. The van der Waals surface area contributed by atoms with Gasteiger partial charge in [-0.25, -0.2) is 4.79 Å². The zero-order chi connectivity index (χ0) is 17.9. The summed E-state index contributed by atoms with van der Waals surface area (Å²) in [6.45, 7) is 3.53. The molecule has 0 saturated carbocycles. The van der Waals surface area contributed by atoms with Crippen LogP contribution in [0.4, 0.5) is 0 Å². The molecule has 1 aliphatic carbocycles. The summed E-state index contributed by atoms with van der Waals surface area (Å²) in [6.07, 6.45) is 2.17. The quantitative estimate of drug-likeness (QED) is 0.810. The Bertz CT molecular complexity index is 842.